The lowest BCUT2D eigenvalue weighted by Crippen LogP contribution is -2.18. The quantitative estimate of drug-likeness (QED) is 0.703. The monoisotopic (exact) mass is 209 g/mol. The van der Waals surface area contributed by atoms with Crippen molar-refractivity contribution in [3.8, 4) is 0 Å². The predicted octanol–water partition coefficient (Wildman–Crippen LogP) is 2.11. The highest BCUT2D eigenvalue weighted by molar-refractivity contribution is 7.71. The van der Waals surface area contributed by atoms with Crippen LogP contribution in [0.5, 0.6) is 0 Å². The third kappa shape index (κ3) is 4.41. The van der Waals surface area contributed by atoms with Crippen molar-refractivity contribution in [3.63, 3.8) is 0 Å². The largest absolute Gasteiger partial charge is 0.418 e. The molecule has 6 heteroatoms. The van der Waals surface area contributed by atoms with Crippen molar-refractivity contribution in [1.29, 1.82) is 0 Å². The molecule has 0 aromatic rings. The van der Waals surface area contributed by atoms with Crippen LogP contribution in [0.4, 0.5) is 4.79 Å². The first-order chi connectivity index (χ1) is 5.78. The van der Waals surface area contributed by atoms with Crippen molar-refractivity contribution in [1.82, 2.24) is 0 Å². The smallest absolute Gasteiger partial charge is 0.359 e. The molecule has 0 fully saturated rings. The number of hydrogen-bond acceptors (Lipinski definition) is 4. The van der Waals surface area contributed by atoms with Gasteiger partial charge in [-0.1, -0.05) is 0 Å². The molecule has 0 spiro atoms. The zero-order valence-electron chi connectivity index (χ0n) is 8.31. The fraction of sp³-hybridized carbons (Fsp3) is 0.857. The van der Waals surface area contributed by atoms with Gasteiger partial charge in [0.15, 0.2) is 0 Å². The van der Waals surface area contributed by atoms with E-state index in [0.29, 0.717) is 0 Å². The average Bonchev–Trinajstić information content (AvgIpc) is 1.82. The van der Waals surface area contributed by atoms with Crippen LogP contribution >= 0.6 is 7.60 Å². The van der Waals surface area contributed by atoms with Crippen LogP contribution in [0.1, 0.15) is 27.7 Å². The van der Waals surface area contributed by atoms with E-state index in [1.54, 1.807) is 27.7 Å². The highest BCUT2D eigenvalue weighted by atomic mass is 31.2. The van der Waals surface area contributed by atoms with E-state index in [2.05, 4.69) is 0 Å². The Kier molecular flexibility index (Phi) is 4.61. The molecule has 0 aromatic carbocycles. The second kappa shape index (κ2) is 4.74. The van der Waals surface area contributed by atoms with Gasteiger partial charge in [0.25, 0.3) is 0 Å². The van der Waals surface area contributed by atoms with Crippen LogP contribution in [0.3, 0.4) is 0 Å². The van der Waals surface area contributed by atoms with Crippen LogP contribution in [-0.4, -0.2) is 17.9 Å². The maximum absolute atomic E-state index is 11.6. The van der Waals surface area contributed by atoms with Gasteiger partial charge in [0.2, 0.25) is 0 Å². The number of hydrogen-bond donors (Lipinski definition) is 1. The van der Waals surface area contributed by atoms with E-state index < -0.39 is 13.2 Å². The van der Waals surface area contributed by atoms with E-state index in [4.69, 9.17) is 14.8 Å². The maximum atomic E-state index is 11.6. The molecule has 0 aromatic heterocycles. The van der Waals surface area contributed by atoms with Crippen LogP contribution in [0.15, 0.2) is 0 Å². The van der Waals surface area contributed by atoms with Crippen LogP contribution < -0.4 is 5.73 Å². The van der Waals surface area contributed by atoms with E-state index in [9.17, 15) is 9.36 Å². The summed E-state index contributed by atoms with van der Waals surface area (Å²) in [6.45, 7) is 6.61. The molecule has 1 amide bonds. The van der Waals surface area contributed by atoms with Crippen LogP contribution in [0.2, 0.25) is 0 Å². The Hall–Kier alpha value is -0.380. The zero-order chi connectivity index (χ0) is 10.6. The number of carbonyl (C=O) groups is 1. The number of nitrogens with two attached hydrogens (primary N) is 1. The van der Waals surface area contributed by atoms with Crippen molar-refractivity contribution >= 4 is 13.2 Å². The Bertz CT molecular complexity index is 213. The predicted molar refractivity (Wildman–Crippen MR) is 49.6 cm³/mol. The normalized spacial score (nSPS) is 12.5. The Morgan fingerprint density at radius 2 is 1.46 bits per heavy atom. The molecule has 78 valence electrons. The lowest BCUT2D eigenvalue weighted by molar-refractivity contribution is 0.144. The number of amides is 1. The van der Waals surface area contributed by atoms with E-state index in [1.807, 2.05) is 0 Å². The topological polar surface area (TPSA) is 78.6 Å². The van der Waals surface area contributed by atoms with E-state index in [0.717, 1.165) is 0 Å². The summed E-state index contributed by atoms with van der Waals surface area (Å²) in [6, 6.07) is 0. The summed E-state index contributed by atoms with van der Waals surface area (Å²) in [4.78, 5) is 10.8. The molecule has 0 saturated heterocycles. The van der Waals surface area contributed by atoms with Gasteiger partial charge < -0.3 is 5.73 Å². The van der Waals surface area contributed by atoms with Crippen LogP contribution in [0.25, 0.3) is 0 Å². The van der Waals surface area contributed by atoms with Gasteiger partial charge in [-0.25, -0.2) is 4.57 Å². The molecule has 0 radical (unpaired) electrons. The van der Waals surface area contributed by atoms with Crippen molar-refractivity contribution in [2.45, 2.75) is 39.9 Å². The highest BCUT2D eigenvalue weighted by Gasteiger charge is 2.34. The van der Waals surface area contributed by atoms with E-state index in [-0.39, 0.29) is 12.2 Å². The Morgan fingerprint density at radius 3 is 1.62 bits per heavy atom. The third-order valence-electron chi connectivity index (χ3n) is 0.969. The number of carbonyl (C=O) groups excluding carboxylic acids is 1. The molecule has 0 aliphatic heterocycles. The number of rotatable bonds is 5. The molecule has 0 aliphatic carbocycles. The molecule has 0 bridgehead atoms. The summed E-state index contributed by atoms with van der Waals surface area (Å²) >= 11 is 0. The summed E-state index contributed by atoms with van der Waals surface area (Å²) in [6.07, 6.45) is -0.728. The van der Waals surface area contributed by atoms with Crippen molar-refractivity contribution in [3.05, 3.63) is 0 Å². The SMILES string of the molecule is CC(C)OP(=O)(OC(C)C)C(N)=O. The molecule has 0 heterocycles. The summed E-state index contributed by atoms with van der Waals surface area (Å²) in [5, 5.41) is 0. The fourth-order valence-electron chi connectivity index (χ4n) is 0.684. The van der Waals surface area contributed by atoms with E-state index >= 15 is 0 Å². The van der Waals surface area contributed by atoms with E-state index in [1.165, 1.54) is 0 Å². The minimum atomic E-state index is -3.76. The number of primary amides is 1. The Balaban J connectivity index is 4.54. The first-order valence-electron chi connectivity index (χ1n) is 4.04. The fourth-order valence-corrected chi connectivity index (χ4v) is 2.05. The standard InChI is InChI=1S/C7H16NO4P/c1-5(2)11-13(10,7(8)9)12-6(3)4/h5-6H,1-4H3,(H2,8,9). The first-order valence-corrected chi connectivity index (χ1v) is 5.59. The molecular formula is C7H16NO4P. The summed E-state index contributed by atoms with van der Waals surface area (Å²) in [5.74, 6) is 0. The van der Waals surface area contributed by atoms with Crippen LogP contribution in [-0.2, 0) is 13.6 Å². The van der Waals surface area contributed by atoms with Gasteiger partial charge in [-0.3, -0.25) is 13.8 Å². The molecule has 0 rings (SSSR count). The van der Waals surface area contributed by atoms with Gasteiger partial charge in [0.05, 0.1) is 12.2 Å². The summed E-state index contributed by atoms with van der Waals surface area (Å²) in [7, 11) is -3.76. The van der Waals surface area contributed by atoms with Gasteiger partial charge in [0.1, 0.15) is 0 Å². The third-order valence-corrected chi connectivity index (χ3v) is 2.91. The molecule has 13 heavy (non-hydrogen) atoms. The lowest BCUT2D eigenvalue weighted by Gasteiger charge is -2.19. The van der Waals surface area contributed by atoms with Crippen molar-refractivity contribution in [2.24, 2.45) is 5.73 Å². The minimum Gasteiger partial charge on any atom is -0.359 e. The van der Waals surface area contributed by atoms with Gasteiger partial charge in [-0.2, -0.15) is 0 Å². The van der Waals surface area contributed by atoms with Crippen LogP contribution in [0, 0.1) is 0 Å². The Morgan fingerprint density at radius 1 is 1.15 bits per heavy atom. The maximum Gasteiger partial charge on any atom is 0.418 e. The minimum absolute atomic E-state index is 0.364. The molecule has 0 atom stereocenters. The zero-order valence-corrected chi connectivity index (χ0v) is 9.21. The van der Waals surface area contributed by atoms with Gasteiger partial charge in [-0.15, -0.1) is 0 Å². The lowest BCUT2D eigenvalue weighted by atomic mass is 10.5. The summed E-state index contributed by atoms with van der Waals surface area (Å²) in [5.41, 5.74) is 3.87. The second-order valence-electron chi connectivity index (χ2n) is 3.14. The first kappa shape index (κ1) is 12.6. The molecular weight excluding hydrogens is 193 g/mol. The molecule has 0 saturated carbocycles. The summed E-state index contributed by atoms with van der Waals surface area (Å²) < 4.78 is 21.4. The molecule has 5 nitrogen and oxygen atoms in total. The van der Waals surface area contributed by atoms with Gasteiger partial charge in [0, 0.05) is 0 Å². The van der Waals surface area contributed by atoms with Crippen molar-refractivity contribution < 1.29 is 18.4 Å². The molecule has 0 unspecified atom stereocenters. The average molecular weight is 209 g/mol. The Labute approximate surface area is 78.1 Å². The second-order valence-corrected chi connectivity index (χ2v) is 5.00. The van der Waals surface area contributed by atoms with Crippen molar-refractivity contribution in [2.75, 3.05) is 0 Å². The molecule has 0 aliphatic rings. The van der Waals surface area contributed by atoms with Gasteiger partial charge in [-0.05, 0) is 27.7 Å². The highest BCUT2D eigenvalue weighted by Crippen LogP contribution is 2.50. The molecule has 2 N–H and O–H groups in total. The van der Waals surface area contributed by atoms with Gasteiger partial charge >= 0.3 is 13.2 Å².